The van der Waals surface area contributed by atoms with Crippen molar-refractivity contribution in [2.24, 2.45) is 51.8 Å². The van der Waals surface area contributed by atoms with E-state index < -0.39 is 0 Å². The van der Waals surface area contributed by atoms with Crippen LogP contribution in [-0.4, -0.2) is 4.86 Å². The van der Waals surface area contributed by atoms with Crippen LogP contribution in [0.1, 0.15) is 232 Å². The number of hydrogen-bond acceptors (Lipinski definition) is 1. The molecule has 0 saturated heterocycles. The molecule has 0 heterocycles. The molecule has 58 heavy (non-hydrogen) atoms. The molecule has 0 nitrogen and oxygen atoms in total. The van der Waals surface area contributed by atoms with Crippen LogP contribution < -0.4 is 0 Å². The zero-order valence-electron chi connectivity index (χ0n) is 43.2. The first-order valence-corrected chi connectivity index (χ1v) is 24.8. The van der Waals surface area contributed by atoms with Gasteiger partial charge in [0.2, 0.25) is 0 Å². The van der Waals surface area contributed by atoms with Crippen LogP contribution in [0.25, 0.3) is 0 Å². The predicted octanol–water partition coefficient (Wildman–Crippen LogP) is 19.7. The number of thiocarbonyl (C=S) groups is 1. The molecule has 0 fully saturated rings. The molecule has 3 rings (SSSR count). The molecular weight excluding hydrogens is 717 g/mol. The van der Waals surface area contributed by atoms with Crippen molar-refractivity contribution in [2.45, 2.75) is 222 Å². The SMILES string of the molecule is CC.CC.CC(=S)C(CC(C)(C)C)c1ccccc1.CCC(C)(C)C(C1=CC(C)C(C(C)C(C)C)C1)C(C)C(C)(C)C(C)c1ccc(C)cc1.CCCCCCCC. The average Bonchev–Trinajstić information content (AvgIpc) is 3.57. The van der Waals surface area contributed by atoms with E-state index in [2.05, 4.69) is 185 Å². The van der Waals surface area contributed by atoms with Crippen molar-refractivity contribution >= 4 is 17.1 Å². The summed E-state index contributed by atoms with van der Waals surface area (Å²) in [5.41, 5.74) is 6.79. The zero-order valence-corrected chi connectivity index (χ0v) is 44.0. The Bertz CT molecular complexity index is 1330. The van der Waals surface area contributed by atoms with Crippen LogP contribution in [0.15, 0.2) is 66.2 Å². The van der Waals surface area contributed by atoms with Crippen molar-refractivity contribution in [3.05, 3.63) is 82.9 Å². The molecule has 0 aromatic heterocycles. The Kier molecular flexibility index (Phi) is 29.7. The van der Waals surface area contributed by atoms with E-state index in [0.717, 1.165) is 29.0 Å². The lowest BCUT2D eigenvalue weighted by molar-refractivity contribution is 0.0650. The third kappa shape index (κ3) is 20.2. The monoisotopic (exact) mass is 819 g/mol. The van der Waals surface area contributed by atoms with Crippen molar-refractivity contribution in [3.8, 4) is 0 Å². The van der Waals surface area contributed by atoms with Crippen LogP contribution in [-0.2, 0) is 0 Å². The van der Waals surface area contributed by atoms with E-state index in [4.69, 9.17) is 12.2 Å². The van der Waals surface area contributed by atoms with Gasteiger partial charge >= 0.3 is 0 Å². The molecule has 0 N–H and O–H groups in total. The first-order valence-electron chi connectivity index (χ1n) is 24.4. The van der Waals surface area contributed by atoms with Gasteiger partial charge in [0.1, 0.15) is 0 Å². The van der Waals surface area contributed by atoms with Crippen molar-refractivity contribution < 1.29 is 0 Å². The van der Waals surface area contributed by atoms with E-state index >= 15 is 0 Å². The predicted molar refractivity (Wildman–Crippen MR) is 273 cm³/mol. The summed E-state index contributed by atoms with van der Waals surface area (Å²) in [6.07, 6.45) is 14.8. The minimum atomic E-state index is 0.220. The van der Waals surface area contributed by atoms with E-state index in [-0.39, 0.29) is 5.41 Å². The molecule has 0 spiro atoms. The van der Waals surface area contributed by atoms with Gasteiger partial charge in [-0.1, -0.05) is 267 Å². The molecule has 336 valence electrons. The maximum Gasteiger partial charge on any atom is 0.0155 e. The lowest BCUT2D eigenvalue weighted by Gasteiger charge is -2.48. The van der Waals surface area contributed by atoms with E-state index in [9.17, 15) is 0 Å². The van der Waals surface area contributed by atoms with E-state index in [1.165, 1.54) is 68.1 Å². The second-order valence-corrected chi connectivity index (χ2v) is 21.0. The van der Waals surface area contributed by atoms with Gasteiger partial charge in [-0.3, -0.25) is 0 Å². The van der Waals surface area contributed by atoms with Crippen LogP contribution in [0, 0.1) is 58.7 Å². The van der Waals surface area contributed by atoms with Crippen molar-refractivity contribution in [1.82, 2.24) is 0 Å². The van der Waals surface area contributed by atoms with Crippen molar-refractivity contribution in [2.75, 3.05) is 0 Å². The first-order chi connectivity index (χ1) is 27.0. The standard InChI is InChI=1S/C31H52.C14H20S.C8H18.2C2H6/c1-13-30(9,10)29(27-18-22(5)28(19-27)23(6)20(2)3)25(8)31(11,12)24(7)26-16-14-21(4)15-17-26;1-11(15)13(10-14(2,3)4)12-8-6-5-7-9-12;1-3-5-7-8-6-4-2;2*1-2/h14-18,20,22-25,28-29H,13,19H2,1-12H3;5-9,13H,10H2,1-4H3;3-8H2,1-2H3;2*1-2H3. The van der Waals surface area contributed by atoms with Crippen molar-refractivity contribution in [3.63, 3.8) is 0 Å². The van der Waals surface area contributed by atoms with Gasteiger partial charge in [0.25, 0.3) is 0 Å². The number of hydrogen-bond donors (Lipinski definition) is 0. The third-order valence-corrected chi connectivity index (χ3v) is 14.1. The van der Waals surface area contributed by atoms with Gasteiger partial charge in [-0.2, -0.15) is 0 Å². The topological polar surface area (TPSA) is 0 Å². The summed E-state index contributed by atoms with van der Waals surface area (Å²) in [4.78, 5) is 1.09. The summed E-state index contributed by atoms with van der Waals surface area (Å²) in [7, 11) is 0. The molecule has 0 aliphatic heterocycles. The second kappa shape index (κ2) is 29.5. The summed E-state index contributed by atoms with van der Waals surface area (Å²) >= 11 is 5.37. The molecule has 1 aliphatic rings. The highest BCUT2D eigenvalue weighted by Crippen LogP contribution is 2.55. The van der Waals surface area contributed by atoms with Gasteiger partial charge in [-0.25, -0.2) is 0 Å². The van der Waals surface area contributed by atoms with Crippen LogP contribution in [0.5, 0.6) is 0 Å². The fraction of sp³-hybridized carbons (Fsp3) is 0.737. The molecule has 1 aliphatic carbocycles. The molecule has 7 atom stereocenters. The molecule has 2 aromatic carbocycles. The summed E-state index contributed by atoms with van der Waals surface area (Å²) < 4.78 is 0. The van der Waals surface area contributed by atoms with E-state index in [1.54, 1.807) is 5.57 Å². The second-order valence-electron chi connectivity index (χ2n) is 20.4. The van der Waals surface area contributed by atoms with Gasteiger partial charge in [-0.05, 0) is 100 Å². The number of allylic oxidation sites excluding steroid dienone is 2. The molecule has 0 saturated carbocycles. The average molecular weight is 820 g/mol. The summed E-state index contributed by atoms with van der Waals surface area (Å²) in [5.74, 6) is 5.24. The van der Waals surface area contributed by atoms with Gasteiger partial charge < -0.3 is 0 Å². The molecular formula is C57H102S. The lowest BCUT2D eigenvalue weighted by Crippen LogP contribution is -2.40. The maximum atomic E-state index is 5.37. The van der Waals surface area contributed by atoms with Gasteiger partial charge in [0.15, 0.2) is 0 Å². The summed E-state index contributed by atoms with van der Waals surface area (Å²) in [6, 6.07) is 19.8. The third-order valence-electron chi connectivity index (χ3n) is 13.8. The van der Waals surface area contributed by atoms with Crippen LogP contribution in [0.3, 0.4) is 0 Å². The normalized spacial score (nSPS) is 17.9. The fourth-order valence-corrected chi connectivity index (χ4v) is 9.07. The minimum Gasteiger partial charge on any atom is -0.0893 e. The van der Waals surface area contributed by atoms with Crippen LogP contribution in [0.2, 0.25) is 0 Å². The Morgan fingerprint density at radius 2 is 1.19 bits per heavy atom. The largest absolute Gasteiger partial charge is 0.0893 e. The number of unbranched alkanes of at least 4 members (excludes halogenated alkanes) is 5. The number of aryl methyl sites for hydroxylation is 1. The summed E-state index contributed by atoms with van der Waals surface area (Å²) in [6.45, 7) is 50.8. The molecule has 0 radical (unpaired) electrons. The van der Waals surface area contributed by atoms with Crippen molar-refractivity contribution in [1.29, 1.82) is 0 Å². The molecule has 2 aromatic rings. The maximum absolute atomic E-state index is 5.37. The lowest BCUT2D eigenvalue weighted by atomic mass is 9.56. The van der Waals surface area contributed by atoms with E-state index in [1.807, 2.05) is 27.7 Å². The minimum absolute atomic E-state index is 0.220. The highest BCUT2D eigenvalue weighted by molar-refractivity contribution is 7.80. The number of rotatable bonds is 17. The highest BCUT2D eigenvalue weighted by Gasteiger charge is 2.46. The Labute approximate surface area is 372 Å². The fourth-order valence-electron chi connectivity index (χ4n) is 8.85. The Balaban J connectivity index is 0. The number of benzene rings is 2. The molecule has 0 bridgehead atoms. The van der Waals surface area contributed by atoms with Gasteiger partial charge in [0, 0.05) is 5.92 Å². The Morgan fingerprint density at radius 1 is 0.707 bits per heavy atom. The van der Waals surface area contributed by atoms with Crippen LogP contribution in [0.4, 0.5) is 0 Å². The van der Waals surface area contributed by atoms with Gasteiger partial charge in [0.05, 0.1) is 0 Å². The Hall–Kier alpha value is -1.73. The molecule has 0 amide bonds. The summed E-state index contributed by atoms with van der Waals surface area (Å²) in [5, 5.41) is 0. The Morgan fingerprint density at radius 3 is 1.59 bits per heavy atom. The van der Waals surface area contributed by atoms with Crippen LogP contribution >= 0.6 is 12.2 Å². The molecule has 1 heteroatoms. The highest BCUT2D eigenvalue weighted by atomic mass is 32.1. The van der Waals surface area contributed by atoms with Gasteiger partial charge in [-0.15, -0.1) is 0 Å². The first kappa shape index (κ1) is 58.4. The van der Waals surface area contributed by atoms with E-state index in [0.29, 0.717) is 40.4 Å². The zero-order chi connectivity index (χ0) is 45.4. The molecule has 7 unspecified atom stereocenters. The smallest absolute Gasteiger partial charge is 0.0155 e. The quantitative estimate of drug-likeness (QED) is 0.0870.